The lowest BCUT2D eigenvalue weighted by Crippen LogP contribution is -2.54. The van der Waals surface area contributed by atoms with Crippen LogP contribution in [0.3, 0.4) is 0 Å². The van der Waals surface area contributed by atoms with Crippen molar-refractivity contribution in [1.29, 1.82) is 0 Å². The van der Waals surface area contributed by atoms with Crippen LogP contribution in [0.15, 0.2) is 24.3 Å². The van der Waals surface area contributed by atoms with Crippen LogP contribution in [0.1, 0.15) is 19.8 Å². The molecule has 0 aliphatic carbocycles. The number of amides is 3. The fourth-order valence-corrected chi connectivity index (χ4v) is 4.59. The number of fused-ring (bicyclic) bond motifs is 1. The molecular weight excluding hydrogens is 366 g/mol. The Kier molecular flexibility index (Phi) is 5.10. The molecule has 9 heteroatoms. The molecule has 2 fully saturated rings. The van der Waals surface area contributed by atoms with Crippen molar-refractivity contribution in [3.05, 3.63) is 29.3 Å². The van der Waals surface area contributed by atoms with E-state index in [4.69, 9.17) is 16.3 Å². The lowest BCUT2D eigenvalue weighted by molar-refractivity contribution is -0.139. The molecule has 0 saturated carbocycles. The molecule has 3 amide bonds. The molecule has 7 nitrogen and oxygen atoms in total. The monoisotopic (exact) mass is 383 g/mol. The number of nitrogens with zero attached hydrogens (tertiary/aromatic N) is 1. The fraction of sp³-hybridized carbons (Fsp3) is 0.438. The van der Waals surface area contributed by atoms with Gasteiger partial charge >= 0.3 is 0 Å². The first-order chi connectivity index (χ1) is 11.9. The Morgan fingerprint density at radius 1 is 1.40 bits per heavy atom. The number of thioether (sulfide) groups is 1. The van der Waals surface area contributed by atoms with Gasteiger partial charge in [0.25, 0.3) is 11.8 Å². The Morgan fingerprint density at radius 3 is 2.92 bits per heavy atom. The highest BCUT2D eigenvalue weighted by Crippen LogP contribution is 2.47. The smallest absolute Gasteiger partial charge is 0.276 e. The molecule has 0 radical (unpaired) electrons. The predicted molar refractivity (Wildman–Crippen MR) is 94.0 cm³/mol. The van der Waals surface area contributed by atoms with E-state index in [0.717, 1.165) is 6.42 Å². The molecule has 2 heterocycles. The number of hydrogen-bond donors (Lipinski definition) is 2. The predicted octanol–water partition coefficient (Wildman–Crippen LogP) is 1.32. The number of hydrazine groups is 1. The number of nitrogens with one attached hydrogen (secondary N) is 2. The number of para-hydroxylation sites is 1. The number of carbonyl (C=O) groups excluding carboxylic acids is 3. The van der Waals surface area contributed by atoms with Gasteiger partial charge in [0.05, 0.1) is 9.89 Å². The van der Waals surface area contributed by atoms with Crippen molar-refractivity contribution < 1.29 is 19.1 Å². The van der Waals surface area contributed by atoms with E-state index in [2.05, 4.69) is 10.9 Å². The minimum absolute atomic E-state index is 0.0268. The summed E-state index contributed by atoms with van der Waals surface area (Å²) in [4.78, 5) is 37.5. The molecule has 2 aliphatic heterocycles. The quantitative estimate of drug-likeness (QED) is 0.766. The SMILES string of the molecule is C[C@]12CCC(=O)N1[C@H](C(=O)NNC(=O)COc1ccccc1Cl)CS2. The van der Waals surface area contributed by atoms with Crippen molar-refractivity contribution >= 4 is 41.1 Å². The third-order valence-corrected chi connectivity index (χ3v) is 6.09. The normalized spacial score (nSPS) is 24.8. The highest BCUT2D eigenvalue weighted by molar-refractivity contribution is 8.01. The standard InChI is InChI=1S/C16H18ClN3O4S/c1-16-7-6-14(22)20(16)11(9-25-16)15(23)19-18-13(21)8-24-12-5-3-2-4-10(12)17/h2-5,11H,6-9H2,1H3,(H,18,21)(H,19,23)/t11-,16-/m0/s1. The summed E-state index contributed by atoms with van der Waals surface area (Å²) >= 11 is 7.52. The van der Waals surface area contributed by atoms with E-state index in [-0.39, 0.29) is 17.4 Å². The largest absolute Gasteiger partial charge is 0.482 e. The lowest BCUT2D eigenvalue weighted by Gasteiger charge is -2.29. The summed E-state index contributed by atoms with van der Waals surface area (Å²) < 4.78 is 5.29. The summed E-state index contributed by atoms with van der Waals surface area (Å²) in [7, 11) is 0. The van der Waals surface area contributed by atoms with Gasteiger partial charge in [0, 0.05) is 12.2 Å². The zero-order valence-corrected chi connectivity index (χ0v) is 15.2. The minimum Gasteiger partial charge on any atom is -0.482 e. The number of halogens is 1. The number of hydrogen-bond acceptors (Lipinski definition) is 5. The van der Waals surface area contributed by atoms with Crippen LogP contribution in [0, 0.1) is 0 Å². The van der Waals surface area contributed by atoms with Crippen molar-refractivity contribution in [2.45, 2.75) is 30.7 Å². The average molecular weight is 384 g/mol. The van der Waals surface area contributed by atoms with E-state index in [0.29, 0.717) is 22.9 Å². The Morgan fingerprint density at radius 2 is 2.16 bits per heavy atom. The van der Waals surface area contributed by atoms with Gasteiger partial charge in [-0.3, -0.25) is 25.2 Å². The Bertz CT molecular complexity index is 716. The van der Waals surface area contributed by atoms with Crippen LogP contribution >= 0.6 is 23.4 Å². The summed E-state index contributed by atoms with van der Waals surface area (Å²) in [5, 5.41) is 0.397. The molecule has 25 heavy (non-hydrogen) atoms. The van der Waals surface area contributed by atoms with Crippen LogP contribution in [0.2, 0.25) is 5.02 Å². The first kappa shape index (κ1) is 17.9. The lowest BCUT2D eigenvalue weighted by atomic mass is 10.2. The molecule has 134 valence electrons. The van der Waals surface area contributed by atoms with Crippen LogP contribution in [0.5, 0.6) is 5.75 Å². The second-order valence-corrected chi connectivity index (χ2v) is 7.93. The zero-order valence-electron chi connectivity index (χ0n) is 13.6. The Hall–Kier alpha value is -1.93. The summed E-state index contributed by atoms with van der Waals surface area (Å²) in [5.41, 5.74) is 4.67. The third-order valence-electron chi connectivity index (χ3n) is 4.27. The van der Waals surface area contributed by atoms with Gasteiger partial charge in [-0.1, -0.05) is 23.7 Å². The van der Waals surface area contributed by atoms with Crippen molar-refractivity contribution in [2.24, 2.45) is 0 Å². The van der Waals surface area contributed by atoms with Crippen LogP contribution in [0.4, 0.5) is 0 Å². The Labute approximate surface area is 154 Å². The molecule has 3 rings (SSSR count). The van der Waals surface area contributed by atoms with E-state index in [1.54, 1.807) is 40.9 Å². The molecule has 2 atom stereocenters. The molecule has 2 N–H and O–H groups in total. The van der Waals surface area contributed by atoms with Crippen molar-refractivity contribution in [3.8, 4) is 5.75 Å². The molecule has 1 aromatic carbocycles. The van der Waals surface area contributed by atoms with Gasteiger partial charge in [0.1, 0.15) is 11.8 Å². The van der Waals surface area contributed by atoms with Crippen molar-refractivity contribution in [3.63, 3.8) is 0 Å². The topological polar surface area (TPSA) is 87.7 Å². The number of ether oxygens (including phenoxy) is 1. The van der Waals surface area contributed by atoms with Crippen molar-refractivity contribution in [1.82, 2.24) is 15.8 Å². The van der Waals surface area contributed by atoms with Gasteiger partial charge < -0.3 is 9.64 Å². The summed E-state index contributed by atoms with van der Waals surface area (Å²) in [5.74, 6) is -0.0515. The zero-order chi connectivity index (χ0) is 18.0. The first-order valence-corrected chi connectivity index (χ1v) is 9.19. The molecule has 0 unspecified atom stereocenters. The molecule has 0 aromatic heterocycles. The van der Waals surface area contributed by atoms with Crippen LogP contribution in [0.25, 0.3) is 0 Å². The molecule has 2 aliphatic rings. The number of benzene rings is 1. The van der Waals surface area contributed by atoms with E-state index in [1.807, 2.05) is 6.92 Å². The highest BCUT2D eigenvalue weighted by atomic mass is 35.5. The molecule has 0 spiro atoms. The molecule has 2 saturated heterocycles. The molecule has 1 aromatic rings. The van der Waals surface area contributed by atoms with Gasteiger partial charge in [0.15, 0.2) is 6.61 Å². The maximum atomic E-state index is 12.3. The number of rotatable bonds is 4. The number of carbonyl (C=O) groups is 3. The van der Waals surface area contributed by atoms with Gasteiger partial charge in [0.2, 0.25) is 5.91 Å². The highest BCUT2D eigenvalue weighted by Gasteiger charge is 2.52. The first-order valence-electron chi connectivity index (χ1n) is 7.83. The third kappa shape index (κ3) is 3.69. The van der Waals surface area contributed by atoms with E-state index in [9.17, 15) is 14.4 Å². The second-order valence-electron chi connectivity index (χ2n) is 6.02. The molecule has 0 bridgehead atoms. The minimum atomic E-state index is -0.574. The summed E-state index contributed by atoms with van der Waals surface area (Å²) in [6.45, 7) is 1.68. The van der Waals surface area contributed by atoms with Crippen LogP contribution in [-0.4, -0.2) is 45.9 Å². The average Bonchev–Trinajstić information content (AvgIpc) is 3.08. The van der Waals surface area contributed by atoms with E-state index in [1.165, 1.54) is 0 Å². The second kappa shape index (κ2) is 7.13. The van der Waals surface area contributed by atoms with Gasteiger partial charge in [-0.2, -0.15) is 0 Å². The van der Waals surface area contributed by atoms with Gasteiger partial charge in [-0.25, -0.2) is 0 Å². The van der Waals surface area contributed by atoms with Crippen molar-refractivity contribution in [2.75, 3.05) is 12.4 Å². The van der Waals surface area contributed by atoms with E-state index < -0.39 is 17.9 Å². The summed E-state index contributed by atoms with van der Waals surface area (Å²) in [6.07, 6.45) is 1.18. The fourth-order valence-electron chi connectivity index (χ4n) is 2.97. The van der Waals surface area contributed by atoms with Crippen LogP contribution < -0.4 is 15.6 Å². The maximum Gasteiger partial charge on any atom is 0.276 e. The summed E-state index contributed by atoms with van der Waals surface area (Å²) in [6, 6.07) is 6.21. The van der Waals surface area contributed by atoms with E-state index >= 15 is 0 Å². The maximum absolute atomic E-state index is 12.3. The van der Waals surface area contributed by atoms with Gasteiger partial charge in [-0.05, 0) is 25.5 Å². The Balaban J connectivity index is 1.48. The molecular formula is C16H18ClN3O4S. The van der Waals surface area contributed by atoms with Crippen LogP contribution in [-0.2, 0) is 14.4 Å². The van der Waals surface area contributed by atoms with Gasteiger partial charge in [-0.15, -0.1) is 11.8 Å².